The summed E-state index contributed by atoms with van der Waals surface area (Å²) in [6, 6.07) is 7.43. The smallest absolute Gasteiger partial charge is 0.261 e. The van der Waals surface area contributed by atoms with Gasteiger partial charge in [0.1, 0.15) is 0 Å². The summed E-state index contributed by atoms with van der Waals surface area (Å²) in [5.74, 6) is 1.87. The Balaban J connectivity index is 1.88. The molecule has 1 aliphatic rings. The molecule has 0 aliphatic heterocycles. The molecule has 0 heterocycles. The van der Waals surface area contributed by atoms with Gasteiger partial charge in [0.15, 0.2) is 17.6 Å². The number of carbonyl (C=O) groups is 1. The summed E-state index contributed by atoms with van der Waals surface area (Å²) in [7, 11) is 1.60. The zero-order valence-corrected chi connectivity index (χ0v) is 13.6. The van der Waals surface area contributed by atoms with E-state index in [0.29, 0.717) is 23.8 Å². The van der Waals surface area contributed by atoms with E-state index >= 15 is 0 Å². The van der Waals surface area contributed by atoms with E-state index in [1.807, 2.05) is 31.2 Å². The number of hydrogen-bond acceptors (Lipinski definition) is 3. The second kappa shape index (κ2) is 8.66. The first kappa shape index (κ1) is 16.7. The minimum atomic E-state index is -0.472. The van der Waals surface area contributed by atoms with Crippen LogP contribution >= 0.6 is 0 Å². The zero-order chi connectivity index (χ0) is 15.8. The molecule has 0 saturated heterocycles. The Labute approximate surface area is 133 Å². The average Bonchev–Trinajstić information content (AvgIpc) is 2.58. The maximum absolute atomic E-state index is 12.3. The molecule has 2 rings (SSSR count). The summed E-state index contributed by atoms with van der Waals surface area (Å²) >= 11 is 0. The van der Waals surface area contributed by atoms with Crippen molar-refractivity contribution in [2.75, 3.05) is 13.7 Å². The van der Waals surface area contributed by atoms with Crippen LogP contribution in [0, 0.1) is 5.92 Å². The molecule has 0 spiro atoms. The van der Waals surface area contributed by atoms with Gasteiger partial charge in [0.25, 0.3) is 5.91 Å². The standard InChI is InChI=1S/C18H27NO3/c1-3-15(22-17-12-8-7-11-16(17)21-2)18(20)19-13-14-9-5-4-6-10-14/h7-8,11-12,14-15H,3-6,9-10,13H2,1-2H3,(H,19,20)/t15-/m0/s1. The minimum absolute atomic E-state index is 0.0287. The van der Waals surface area contributed by atoms with Gasteiger partial charge < -0.3 is 14.8 Å². The second-order valence-electron chi connectivity index (χ2n) is 5.91. The highest BCUT2D eigenvalue weighted by molar-refractivity contribution is 5.81. The third-order valence-electron chi connectivity index (χ3n) is 4.29. The van der Waals surface area contributed by atoms with Crippen LogP contribution in [-0.2, 0) is 4.79 Å². The molecule has 0 unspecified atom stereocenters. The van der Waals surface area contributed by atoms with Gasteiger partial charge in [-0.3, -0.25) is 4.79 Å². The number of carbonyl (C=O) groups excluding carboxylic acids is 1. The van der Waals surface area contributed by atoms with Crippen LogP contribution in [0.5, 0.6) is 11.5 Å². The third-order valence-corrected chi connectivity index (χ3v) is 4.29. The molecule has 1 saturated carbocycles. The summed E-state index contributed by atoms with van der Waals surface area (Å²) in [6.07, 6.45) is 6.52. The first-order valence-corrected chi connectivity index (χ1v) is 8.32. The van der Waals surface area contributed by atoms with Gasteiger partial charge in [-0.05, 0) is 37.3 Å². The van der Waals surface area contributed by atoms with Gasteiger partial charge >= 0.3 is 0 Å². The summed E-state index contributed by atoms with van der Waals surface area (Å²) in [5.41, 5.74) is 0. The molecule has 1 aromatic carbocycles. The van der Waals surface area contributed by atoms with Gasteiger partial charge in [0, 0.05) is 6.54 Å². The predicted molar refractivity (Wildman–Crippen MR) is 87.3 cm³/mol. The fraction of sp³-hybridized carbons (Fsp3) is 0.611. The highest BCUT2D eigenvalue weighted by Gasteiger charge is 2.21. The Morgan fingerprint density at radius 1 is 1.23 bits per heavy atom. The zero-order valence-electron chi connectivity index (χ0n) is 13.6. The van der Waals surface area contributed by atoms with Crippen LogP contribution in [0.4, 0.5) is 0 Å². The first-order chi connectivity index (χ1) is 10.7. The Morgan fingerprint density at radius 3 is 2.55 bits per heavy atom. The Hall–Kier alpha value is -1.71. The predicted octanol–water partition coefficient (Wildman–Crippen LogP) is 3.55. The largest absolute Gasteiger partial charge is 0.493 e. The van der Waals surface area contributed by atoms with Crippen molar-refractivity contribution in [3.05, 3.63) is 24.3 Å². The van der Waals surface area contributed by atoms with Gasteiger partial charge in [-0.25, -0.2) is 0 Å². The van der Waals surface area contributed by atoms with Crippen LogP contribution in [0.1, 0.15) is 45.4 Å². The maximum Gasteiger partial charge on any atom is 0.261 e. The third kappa shape index (κ3) is 4.65. The second-order valence-corrected chi connectivity index (χ2v) is 5.91. The van der Waals surface area contributed by atoms with E-state index in [-0.39, 0.29) is 5.91 Å². The molecule has 1 aromatic rings. The SMILES string of the molecule is CC[C@H](Oc1ccccc1OC)C(=O)NCC1CCCCC1. The van der Waals surface area contributed by atoms with Gasteiger partial charge in [-0.1, -0.05) is 38.3 Å². The number of nitrogens with one attached hydrogen (secondary N) is 1. The highest BCUT2D eigenvalue weighted by atomic mass is 16.5. The number of ether oxygens (including phenoxy) is 2. The van der Waals surface area contributed by atoms with Gasteiger partial charge in [0.2, 0.25) is 0 Å². The monoisotopic (exact) mass is 305 g/mol. The molecule has 122 valence electrons. The molecule has 4 heteroatoms. The maximum atomic E-state index is 12.3. The van der Waals surface area contributed by atoms with E-state index in [1.54, 1.807) is 7.11 Å². The van der Waals surface area contributed by atoms with Crippen LogP contribution in [0.25, 0.3) is 0 Å². The van der Waals surface area contributed by atoms with Crippen LogP contribution in [0.15, 0.2) is 24.3 Å². The van der Waals surface area contributed by atoms with Crippen molar-refractivity contribution < 1.29 is 14.3 Å². The van der Waals surface area contributed by atoms with Crippen molar-refractivity contribution in [2.45, 2.75) is 51.6 Å². The molecular weight excluding hydrogens is 278 g/mol. The van der Waals surface area contributed by atoms with Crippen molar-refractivity contribution >= 4 is 5.91 Å². The topological polar surface area (TPSA) is 47.6 Å². The highest BCUT2D eigenvalue weighted by Crippen LogP contribution is 2.27. The van der Waals surface area contributed by atoms with Crippen LogP contribution in [-0.4, -0.2) is 25.7 Å². The van der Waals surface area contributed by atoms with E-state index in [2.05, 4.69) is 5.32 Å². The summed E-state index contributed by atoms with van der Waals surface area (Å²) in [5, 5.41) is 3.06. The Kier molecular flexibility index (Phi) is 6.56. The molecule has 1 aliphatic carbocycles. The van der Waals surface area contributed by atoms with E-state index < -0.39 is 6.10 Å². The van der Waals surface area contributed by atoms with E-state index in [0.717, 1.165) is 6.54 Å². The Bertz CT molecular complexity index is 469. The lowest BCUT2D eigenvalue weighted by Crippen LogP contribution is -2.40. The average molecular weight is 305 g/mol. The van der Waals surface area contributed by atoms with Crippen molar-refractivity contribution in [1.82, 2.24) is 5.32 Å². The molecule has 0 bridgehead atoms. The van der Waals surface area contributed by atoms with Gasteiger partial charge in [-0.2, -0.15) is 0 Å². The van der Waals surface area contributed by atoms with Crippen molar-refractivity contribution in [3.63, 3.8) is 0 Å². The van der Waals surface area contributed by atoms with Crippen LogP contribution in [0.3, 0.4) is 0 Å². The lowest BCUT2D eigenvalue weighted by atomic mass is 9.89. The lowest BCUT2D eigenvalue weighted by molar-refractivity contribution is -0.128. The van der Waals surface area contributed by atoms with E-state index in [1.165, 1.54) is 32.1 Å². The molecule has 22 heavy (non-hydrogen) atoms. The summed E-state index contributed by atoms with van der Waals surface area (Å²) < 4.78 is 11.1. The van der Waals surface area contributed by atoms with Crippen molar-refractivity contribution in [1.29, 1.82) is 0 Å². The molecule has 1 atom stereocenters. The number of amides is 1. The lowest BCUT2D eigenvalue weighted by Gasteiger charge is -2.24. The molecule has 4 nitrogen and oxygen atoms in total. The minimum Gasteiger partial charge on any atom is -0.493 e. The number of methoxy groups -OCH3 is 1. The number of rotatable bonds is 7. The van der Waals surface area contributed by atoms with Crippen LogP contribution in [0.2, 0.25) is 0 Å². The molecule has 0 radical (unpaired) electrons. The molecule has 1 N–H and O–H groups in total. The van der Waals surface area contributed by atoms with Gasteiger partial charge in [-0.15, -0.1) is 0 Å². The van der Waals surface area contributed by atoms with Crippen molar-refractivity contribution in [3.8, 4) is 11.5 Å². The Morgan fingerprint density at radius 2 is 1.91 bits per heavy atom. The first-order valence-electron chi connectivity index (χ1n) is 8.32. The van der Waals surface area contributed by atoms with Crippen molar-refractivity contribution in [2.24, 2.45) is 5.92 Å². The number of benzene rings is 1. The van der Waals surface area contributed by atoms with E-state index in [4.69, 9.17) is 9.47 Å². The van der Waals surface area contributed by atoms with E-state index in [9.17, 15) is 4.79 Å². The van der Waals surface area contributed by atoms with Crippen LogP contribution < -0.4 is 14.8 Å². The quantitative estimate of drug-likeness (QED) is 0.838. The fourth-order valence-corrected chi connectivity index (χ4v) is 2.94. The fourth-order valence-electron chi connectivity index (χ4n) is 2.94. The molecule has 1 fully saturated rings. The molecule has 0 aromatic heterocycles. The molecule has 1 amide bonds. The normalized spacial score (nSPS) is 16.8. The van der Waals surface area contributed by atoms with Gasteiger partial charge in [0.05, 0.1) is 7.11 Å². The number of para-hydroxylation sites is 2. The summed E-state index contributed by atoms with van der Waals surface area (Å²) in [6.45, 7) is 2.73. The molecular formula is C18H27NO3. The summed E-state index contributed by atoms with van der Waals surface area (Å²) in [4.78, 5) is 12.3. The number of hydrogen-bond donors (Lipinski definition) is 1.